The van der Waals surface area contributed by atoms with Crippen LogP contribution in [0.1, 0.15) is 10.5 Å². The summed E-state index contributed by atoms with van der Waals surface area (Å²) in [6.45, 7) is -2.23. The van der Waals surface area contributed by atoms with Gasteiger partial charge in [-0.2, -0.15) is 0 Å². The third-order valence-electron chi connectivity index (χ3n) is 2.34. The summed E-state index contributed by atoms with van der Waals surface area (Å²) in [4.78, 5) is 15.6. The smallest absolute Gasteiger partial charge is 0.287 e. The largest absolute Gasteiger partial charge is 0.390 e. The standard InChI is InChI=1S/C11H11F2N3O2/c12-11(13,7-17)6-14-10(18)8-5-16-4-2-1-3-9(16)15-8/h1-5,17H,6-7H2,(H,14,18). The van der Waals surface area contributed by atoms with Crippen molar-refractivity contribution in [2.24, 2.45) is 0 Å². The van der Waals surface area contributed by atoms with Gasteiger partial charge in [-0.15, -0.1) is 0 Å². The first kappa shape index (κ1) is 12.4. The molecule has 0 atom stereocenters. The number of halogens is 2. The normalized spacial score (nSPS) is 11.7. The SMILES string of the molecule is O=C(NCC(F)(F)CO)c1cn2ccccc2n1. The van der Waals surface area contributed by atoms with E-state index in [0.717, 1.165) is 0 Å². The molecule has 1 amide bonds. The fourth-order valence-corrected chi connectivity index (χ4v) is 1.40. The summed E-state index contributed by atoms with van der Waals surface area (Å²) >= 11 is 0. The van der Waals surface area contributed by atoms with Crippen LogP contribution >= 0.6 is 0 Å². The number of nitrogens with zero attached hydrogens (tertiary/aromatic N) is 2. The zero-order valence-corrected chi connectivity index (χ0v) is 9.31. The van der Waals surface area contributed by atoms with E-state index in [1.54, 1.807) is 28.8 Å². The van der Waals surface area contributed by atoms with Crippen molar-refractivity contribution in [3.63, 3.8) is 0 Å². The van der Waals surface area contributed by atoms with Crippen LogP contribution in [0.5, 0.6) is 0 Å². The molecule has 96 valence electrons. The molecule has 0 aromatic carbocycles. The van der Waals surface area contributed by atoms with Crippen molar-refractivity contribution in [3.8, 4) is 0 Å². The molecule has 0 bridgehead atoms. The molecule has 0 unspecified atom stereocenters. The highest BCUT2D eigenvalue weighted by atomic mass is 19.3. The van der Waals surface area contributed by atoms with Crippen LogP contribution in [0.4, 0.5) is 8.78 Å². The van der Waals surface area contributed by atoms with Crippen molar-refractivity contribution in [2.45, 2.75) is 5.92 Å². The summed E-state index contributed by atoms with van der Waals surface area (Å²) in [6, 6.07) is 5.21. The highest BCUT2D eigenvalue weighted by molar-refractivity contribution is 5.92. The van der Waals surface area contributed by atoms with Gasteiger partial charge in [0.25, 0.3) is 11.8 Å². The van der Waals surface area contributed by atoms with Crippen molar-refractivity contribution in [3.05, 3.63) is 36.3 Å². The average Bonchev–Trinajstić information content (AvgIpc) is 2.80. The molecule has 0 spiro atoms. The number of aromatic nitrogens is 2. The second-order valence-electron chi connectivity index (χ2n) is 3.79. The van der Waals surface area contributed by atoms with Crippen LogP contribution in [-0.2, 0) is 0 Å². The summed E-state index contributed by atoms with van der Waals surface area (Å²) < 4.78 is 27.1. The van der Waals surface area contributed by atoms with E-state index in [1.807, 2.05) is 5.32 Å². The Balaban J connectivity index is 2.09. The summed E-state index contributed by atoms with van der Waals surface area (Å²) in [6.07, 6.45) is 3.14. The minimum absolute atomic E-state index is 0.0509. The van der Waals surface area contributed by atoms with E-state index < -0.39 is 25.0 Å². The zero-order valence-electron chi connectivity index (χ0n) is 9.31. The Morgan fingerprint density at radius 2 is 2.28 bits per heavy atom. The molecule has 2 heterocycles. The fourth-order valence-electron chi connectivity index (χ4n) is 1.40. The van der Waals surface area contributed by atoms with Gasteiger partial charge in [0, 0.05) is 12.4 Å². The van der Waals surface area contributed by atoms with E-state index in [9.17, 15) is 13.6 Å². The van der Waals surface area contributed by atoms with E-state index in [-0.39, 0.29) is 5.69 Å². The maximum Gasteiger partial charge on any atom is 0.287 e. The van der Waals surface area contributed by atoms with Crippen molar-refractivity contribution in [1.29, 1.82) is 0 Å². The van der Waals surface area contributed by atoms with Gasteiger partial charge < -0.3 is 14.8 Å². The number of fused-ring (bicyclic) bond motifs is 1. The molecular weight excluding hydrogens is 244 g/mol. The predicted octanol–water partition coefficient (Wildman–Crippen LogP) is 0.692. The lowest BCUT2D eigenvalue weighted by molar-refractivity contribution is -0.0462. The molecule has 2 aromatic heterocycles. The number of hydrogen-bond donors (Lipinski definition) is 2. The van der Waals surface area contributed by atoms with Crippen LogP contribution in [0.2, 0.25) is 0 Å². The number of nitrogens with one attached hydrogen (secondary N) is 1. The molecule has 0 aliphatic carbocycles. The number of aliphatic hydroxyl groups excluding tert-OH is 1. The van der Waals surface area contributed by atoms with Crippen LogP contribution in [0.3, 0.4) is 0 Å². The van der Waals surface area contributed by atoms with Crippen LogP contribution in [-0.4, -0.2) is 39.5 Å². The Hall–Kier alpha value is -2.02. The second-order valence-corrected chi connectivity index (χ2v) is 3.79. The third kappa shape index (κ3) is 2.62. The van der Waals surface area contributed by atoms with Crippen molar-refractivity contribution < 1.29 is 18.7 Å². The Bertz CT molecular complexity index is 535. The molecule has 2 rings (SSSR count). The predicted molar refractivity (Wildman–Crippen MR) is 59.6 cm³/mol. The molecule has 7 heteroatoms. The van der Waals surface area contributed by atoms with Crippen LogP contribution in [0.25, 0.3) is 5.65 Å². The average molecular weight is 255 g/mol. The zero-order chi connectivity index (χ0) is 13.2. The lowest BCUT2D eigenvalue weighted by atomic mass is 10.3. The Morgan fingerprint density at radius 1 is 1.50 bits per heavy atom. The van der Waals surface area contributed by atoms with Gasteiger partial charge in [0.1, 0.15) is 17.9 Å². The summed E-state index contributed by atoms with van der Waals surface area (Å²) in [5.41, 5.74) is 0.603. The molecule has 18 heavy (non-hydrogen) atoms. The Kier molecular flexibility index (Phi) is 3.24. The molecule has 0 saturated carbocycles. The van der Waals surface area contributed by atoms with Crippen LogP contribution < -0.4 is 5.32 Å². The molecule has 2 N–H and O–H groups in total. The second kappa shape index (κ2) is 4.69. The lowest BCUT2D eigenvalue weighted by Gasteiger charge is -2.12. The molecule has 0 radical (unpaired) electrons. The number of aliphatic hydroxyl groups is 1. The molecule has 0 aliphatic rings. The van der Waals surface area contributed by atoms with E-state index in [2.05, 4.69) is 4.98 Å². The number of carbonyl (C=O) groups excluding carboxylic acids is 1. The van der Waals surface area contributed by atoms with Gasteiger partial charge in [-0.25, -0.2) is 13.8 Å². The van der Waals surface area contributed by atoms with E-state index >= 15 is 0 Å². The van der Waals surface area contributed by atoms with Gasteiger partial charge >= 0.3 is 0 Å². The van der Waals surface area contributed by atoms with E-state index in [1.165, 1.54) is 6.20 Å². The monoisotopic (exact) mass is 255 g/mol. The number of alkyl halides is 2. The molecule has 0 fully saturated rings. The molecule has 0 aliphatic heterocycles. The third-order valence-corrected chi connectivity index (χ3v) is 2.34. The van der Waals surface area contributed by atoms with Crippen LogP contribution in [0.15, 0.2) is 30.6 Å². The van der Waals surface area contributed by atoms with Gasteiger partial charge in [0.2, 0.25) is 0 Å². The molecule has 0 saturated heterocycles. The summed E-state index contributed by atoms with van der Waals surface area (Å²) in [5, 5.41) is 10.4. The maximum absolute atomic E-state index is 12.7. The van der Waals surface area contributed by atoms with Crippen molar-refractivity contribution >= 4 is 11.6 Å². The van der Waals surface area contributed by atoms with Gasteiger partial charge in [0.05, 0.1) is 6.54 Å². The number of carbonyl (C=O) groups is 1. The first-order chi connectivity index (χ1) is 8.52. The molecular formula is C11H11F2N3O2. The lowest BCUT2D eigenvalue weighted by Crippen LogP contribution is -2.39. The van der Waals surface area contributed by atoms with Crippen molar-refractivity contribution in [1.82, 2.24) is 14.7 Å². The Labute approximate surface area is 101 Å². The summed E-state index contributed by atoms with van der Waals surface area (Å²) in [7, 11) is 0. The number of amides is 1. The quantitative estimate of drug-likeness (QED) is 0.844. The van der Waals surface area contributed by atoms with Gasteiger partial charge in [-0.1, -0.05) is 6.07 Å². The first-order valence-electron chi connectivity index (χ1n) is 5.22. The number of imidazole rings is 1. The minimum Gasteiger partial charge on any atom is -0.390 e. The van der Waals surface area contributed by atoms with Gasteiger partial charge in [-0.3, -0.25) is 4.79 Å². The van der Waals surface area contributed by atoms with Crippen molar-refractivity contribution in [2.75, 3.05) is 13.2 Å². The molecule has 5 nitrogen and oxygen atoms in total. The fraction of sp³-hybridized carbons (Fsp3) is 0.273. The Morgan fingerprint density at radius 3 is 2.94 bits per heavy atom. The number of hydrogen-bond acceptors (Lipinski definition) is 3. The first-order valence-corrected chi connectivity index (χ1v) is 5.22. The topological polar surface area (TPSA) is 66.6 Å². The van der Waals surface area contributed by atoms with E-state index in [0.29, 0.717) is 5.65 Å². The van der Waals surface area contributed by atoms with Gasteiger partial charge in [0.15, 0.2) is 0 Å². The summed E-state index contributed by atoms with van der Waals surface area (Å²) in [5.74, 6) is -4.03. The van der Waals surface area contributed by atoms with E-state index in [4.69, 9.17) is 5.11 Å². The minimum atomic E-state index is -3.32. The maximum atomic E-state index is 12.7. The number of rotatable bonds is 4. The van der Waals surface area contributed by atoms with Crippen LogP contribution in [0, 0.1) is 0 Å². The highest BCUT2D eigenvalue weighted by Crippen LogP contribution is 2.10. The van der Waals surface area contributed by atoms with Gasteiger partial charge in [-0.05, 0) is 12.1 Å². The molecule has 2 aromatic rings. The number of pyridine rings is 1. The highest BCUT2D eigenvalue weighted by Gasteiger charge is 2.28.